The minimum atomic E-state index is -0.631. The van der Waals surface area contributed by atoms with E-state index >= 15 is 0 Å². The Bertz CT molecular complexity index is 904. The van der Waals surface area contributed by atoms with Crippen LogP contribution in [0.1, 0.15) is 40.8 Å². The van der Waals surface area contributed by atoms with Crippen molar-refractivity contribution in [3.05, 3.63) is 59.6 Å². The van der Waals surface area contributed by atoms with Crippen LogP contribution in [0.5, 0.6) is 0 Å². The Kier molecular flexibility index (Phi) is 7.09. The summed E-state index contributed by atoms with van der Waals surface area (Å²) in [6, 6.07) is 5.04. The number of thiazole rings is 1. The van der Waals surface area contributed by atoms with E-state index in [1.165, 1.54) is 12.5 Å². The van der Waals surface area contributed by atoms with Crippen molar-refractivity contribution in [1.82, 2.24) is 9.97 Å². The van der Waals surface area contributed by atoms with Crippen molar-refractivity contribution >= 4 is 34.1 Å². The van der Waals surface area contributed by atoms with Crippen molar-refractivity contribution in [1.29, 1.82) is 0 Å². The van der Waals surface area contributed by atoms with E-state index in [-0.39, 0.29) is 39.0 Å². The van der Waals surface area contributed by atoms with E-state index in [1.807, 2.05) is 0 Å². The molecule has 2 aromatic rings. The smallest absolute Gasteiger partial charge is 0.413 e. The van der Waals surface area contributed by atoms with Gasteiger partial charge in [-0.2, -0.15) is 0 Å². The summed E-state index contributed by atoms with van der Waals surface area (Å²) in [5.41, 5.74) is 0.498. The van der Waals surface area contributed by atoms with Crippen molar-refractivity contribution in [2.45, 2.75) is 25.9 Å². The number of anilines is 1. The lowest BCUT2D eigenvalue weighted by Crippen LogP contribution is -2.28. The predicted octanol–water partition coefficient (Wildman–Crippen LogP) is 4.02. The van der Waals surface area contributed by atoms with E-state index in [2.05, 4.69) is 21.9 Å². The van der Waals surface area contributed by atoms with Crippen LogP contribution in [0.3, 0.4) is 0 Å². The van der Waals surface area contributed by atoms with Crippen LogP contribution in [0.15, 0.2) is 43.3 Å². The third-order valence-electron chi connectivity index (χ3n) is 3.99. The number of amides is 1. The van der Waals surface area contributed by atoms with Gasteiger partial charge in [0.05, 0.1) is 19.5 Å². The molecule has 0 spiro atoms. The highest BCUT2D eigenvalue weighted by atomic mass is 32.1. The SMILES string of the molecule is C=C(O/C=C\C)c1nc(NC(=O)OC2CCOCC2)sc1C(=O)c1ccccn1. The number of nitrogens with one attached hydrogen (secondary N) is 1. The molecule has 1 N–H and O–H groups in total. The Morgan fingerprint density at radius 2 is 2.14 bits per heavy atom. The normalized spacial score (nSPS) is 14.5. The number of hydrogen-bond donors (Lipinski definition) is 1. The molecule has 3 rings (SSSR count). The second-order valence-corrected chi connectivity index (χ2v) is 7.09. The van der Waals surface area contributed by atoms with E-state index in [9.17, 15) is 9.59 Å². The average molecular weight is 415 g/mol. The summed E-state index contributed by atoms with van der Waals surface area (Å²) in [6.45, 7) is 6.73. The van der Waals surface area contributed by atoms with Crippen LogP contribution < -0.4 is 5.32 Å². The second-order valence-electron chi connectivity index (χ2n) is 6.09. The van der Waals surface area contributed by atoms with Gasteiger partial charge in [-0.25, -0.2) is 9.78 Å². The molecule has 152 valence electrons. The molecule has 1 fully saturated rings. The summed E-state index contributed by atoms with van der Waals surface area (Å²) in [6.07, 6.45) is 5.11. The molecular formula is C20H21N3O5S. The second kappa shape index (κ2) is 9.94. The number of ether oxygens (including phenoxy) is 3. The summed E-state index contributed by atoms with van der Waals surface area (Å²) in [5.74, 6) is -0.154. The standard InChI is InChI=1S/C20H21N3O5S/c1-3-10-27-13(2)16-18(17(24)15-6-4-5-9-21-15)29-19(22-16)23-20(25)28-14-7-11-26-12-8-14/h3-6,9-10,14H,2,7-8,11-12H2,1H3,(H,22,23,25)/b10-3-. The first-order valence-electron chi connectivity index (χ1n) is 9.07. The first kappa shape index (κ1) is 20.7. The molecule has 1 saturated heterocycles. The molecule has 9 heteroatoms. The molecule has 1 aliphatic heterocycles. The maximum absolute atomic E-state index is 12.9. The first-order chi connectivity index (χ1) is 14.1. The Balaban J connectivity index is 1.80. The van der Waals surface area contributed by atoms with Gasteiger partial charge in [0.25, 0.3) is 0 Å². The van der Waals surface area contributed by atoms with Gasteiger partial charge in [0.15, 0.2) is 5.13 Å². The number of allylic oxidation sites excluding steroid dienone is 1. The van der Waals surface area contributed by atoms with E-state index in [1.54, 1.807) is 31.2 Å². The molecule has 0 unspecified atom stereocenters. The van der Waals surface area contributed by atoms with Gasteiger partial charge in [-0.05, 0) is 19.1 Å². The predicted molar refractivity (Wildman–Crippen MR) is 109 cm³/mol. The van der Waals surface area contributed by atoms with E-state index in [0.717, 1.165) is 11.3 Å². The summed E-state index contributed by atoms with van der Waals surface area (Å²) in [7, 11) is 0. The summed E-state index contributed by atoms with van der Waals surface area (Å²) in [5, 5.41) is 2.80. The van der Waals surface area contributed by atoms with E-state index in [0.29, 0.717) is 26.1 Å². The highest BCUT2D eigenvalue weighted by Crippen LogP contribution is 2.30. The minimum Gasteiger partial charge on any atom is -0.464 e. The molecule has 0 saturated carbocycles. The number of rotatable bonds is 7. The Hall–Kier alpha value is -3.04. The van der Waals surface area contributed by atoms with E-state index < -0.39 is 6.09 Å². The van der Waals surface area contributed by atoms with Gasteiger partial charge in [0.1, 0.15) is 28.1 Å². The molecule has 0 bridgehead atoms. The number of nitrogens with zero attached hydrogens (tertiary/aromatic N) is 2. The maximum Gasteiger partial charge on any atom is 0.413 e. The number of ketones is 1. The van der Waals surface area contributed by atoms with Crippen LogP contribution in [0.25, 0.3) is 5.76 Å². The topological polar surface area (TPSA) is 99.6 Å². The fourth-order valence-electron chi connectivity index (χ4n) is 2.60. The van der Waals surface area contributed by atoms with Gasteiger partial charge in [-0.15, -0.1) is 0 Å². The van der Waals surface area contributed by atoms with Crippen molar-refractivity contribution in [2.24, 2.45) is 0 Å². The largest absolute Gasteiger partial charge is 0.464 e. The molecule has 0 atom stereocenters. The van der Waals surface area contributed by atoms with Gasteiger partial charge < -0.3 is 14.2 Å². The lowest BCUT2D eigenvalue weighted by atomic mass is 10.2. The molecule has 2 aromatic heterocycles. The fraction of sp³-hybridized carbons (Fsp3) is 0.300. The highest BCUT2D eigenvalue weighted by Gasteiger charge is 2.25. The Morgan fingerprint density at radius 3 is 2.83 bits per heavy atom. The van der Waals surface area contributed by atoms with Crippen molar-refractivity contribution in [2.75, 3.05) is 18.5 Å². The summed E-state index contributed by atoms with van der Waals surface area (Å²) < 4.78 is 16.0. The summed E-state index contributed by atoms with van der Waals surface area (Å²) >= 11 is 1.01. The highest BCUT2D eigenvalue weighted by molar-refractivity contribution is 7.18. The van der Waals surface area contributed by atoms with Crippen molar-refractivity contribution in [3.8, 4) is 0 Å². The van der Waals surface area contributed by atoms with Gasteiger partial charge >= 0.3 is 6.09 Å². The summed E-state index contributed by atoms with van der Waals surface area (Å²) in [4.78, 5) is 33.8. The molecule has 3 heterocycles. The van der Waals surface area contributed by atoms with Crippen LogP contribution in [0.2, 0.25) is 0 Å². The molecule has 1 amide bonds. The molecule has 1 aliphatic rings. The van der Waals surface area contributed by atoms with Crippen LogP contribution in [0, 0.1) is 0 Å². The Morgan fingerprint density at radius 1 is 1.34 bits per heavy atom. The molecular weight excluding hydrogens is 394 g/mol. The zero-order chi connectivity index (χ0) is 20.6. The third kappa shape index (κ3) is 5.49. The van der Waals surface area contributed by atoms with E-state index in [4.69, 9.17) is 14.2 Å². The third-order valence-corrected chi connectivity index (χ3v) is 4.96. The van der Waals surface area contributed by atoms with Crippen LogP contribution >= 0.6 is 11.3 Å². The lowest BCUT2D eigenvalue weighted by molar-refractivity contribution is 0.00592. The van der Waals surface area contributed by atoms with Gasteiger partial charge in [-0.3, -0.25) is 15.1 Å². The molecule has 0 aliphatic carbocycles. The quantitative estimate of drug-likeness (QED) is 0.538. The first-order valence-corrected chi connectivity index (χ1v) is 9.89. The number of hydrogen-bond acceptors (Lipinski definition) is 8. The fourth-order valence-corrected chi connectivity index (χ4v) is 3.52. The number of carbonyl (C=O) groups is 2. The van der Waals surface area contributed by atoms with Crippen LogP contribution in [-0.4, -0.2) is 41.2 Å². The zero-order valence-corrected chi connectivity index (χ0v) is 16.7. The monoisotopic (exact) mass is 415 g/mol. The van der Waals surface area contributed by atoms with Crippen molar-refractivity contribution < 1.29 is 23.8 Å². The Labute approximate surface area is 172 Å². The molecule has 0 aromatic carbocycles. The van der Waals surface area contributed by atoms with Crippen LogP contribution in [0.4, 0.5) is 9.93 Å². The number of carbonyl (C=O) groups excluding carboxylic acids is 2. The maximum atomic E-state index is 12.9. The van der Waals surface area contributed by atoms with Crippen molar-refractivity contribution in [3.63, 3.8) is 0 Å². The molecule has 0 radical (unpaired) electrons. The molecule has 8 nitrogen and oxygen atoms in total. The zero-order valence-electron chi connectivity index (χ0n) is 15.9. The van der Waals surface area contributed by atoms with Gasteiger partial charge in [0, 0.05) is 19.0 Å². The van der Waals surface area contributed by atoms with Gasteiger partial charge in [0.2, 0.25) is 5.78 Å². The number of aromatic nitrogens is 2. The number of pyridine rings is 1. The van der Waals surface area contributed by atoms with Crippen LogP contribution in [-0.2, 0) is 14.2 Å². The average Bonchev–Trinajstić information content (AvgIpc) is 3.16. The minimum absolute atomic E-state index is 0.185. The van der Waals surface area contributed by atoms with Gasteiger partial charge in [-0.1, -0.05) is 30.1 Å². The lowest BCUT2D eigenvalue weighted by Gasteiger charge is -2.21. The molecule has 29 heavy (non-hydrogen) atoms.